The van der Waals surface area contributed by atoms with Gasteiger partial charge in [-0.2, -0.15) is 4.98 Å². The summed E-state index contributed by atoms with van der Waals surface area (Å²) in [6.07, 6.45) is -0.972. The fourth-order valence-electron chi connectivity index (χ4n) is 2.16. The molecule has 2 N–H and O–H groups in total. The molecule has 1 atom stereocenters. The standard InChI is InChI=1S/C19H24N4O5/c1-12(17(25)21-18(26)22-19(2,3)4)27-15(24)11-10-14-20-16(23-28-14)13-8-6-5-7-9-13/h5-9,12H,10-11H2,1-4H3,(H2,21,22,25,26). The summed E-state index contributed by atoms with van der Waals surface area (Å²) in [6, 6.07) is 8.64. The van der Waals surface area contributed by atoms with Crippen LogP contribution in [0.3, 0.4) is 0 Å². The SMILES string of the molecule is CC(OC(=O)CCc1nc(-c2ccccc2)no1)C(=O)NC(=O)NC(C)(C)C. The van der Waals surface area contributed by atoms with Gasteiger partial charge in [0, 0.05) is 17.5 Å². The van der Waals surface area contributed by atoms with Crippen LogP contribution in [0.25, 0.3) is 11.4 Å². The highest BCUT2D eigenvalue weighted by molar-refractivity contribution is 5.97. The van der Waals surface area contributed by atoms with Crippen molar-refractivity contribution in [3.63, 3.8) is 0 Å². The van der Waals surface area contributed by atoms with Crippen molar-refractivity contribution in [3.05, 3.63) is 36.2 Å². The molecule has 0 fully saturated rings. The summed E-state index contributed by atoms with van der Waals surface area (Å²) < 4.78 is 10.2. The third-order valence-electron chi connectivity index (χ3n) is 3.45. The highest BCUT2D eigenvalue weighted by atomic mass is 16.5. The summed E-state index contributed by atoms with van der Waals surface area (Å²) in [7, 11) is 0. The molecule has 0 aliphatic carbocycles. The fraction of sp³-hybridized carbons (Fsp3) is 0.421. The van der Waals surface area contributed by atoms with Crippen LogP contribution in [0.1, 0.15) is 40.0 Å². The number of imide groups is 1. The summed E-state index contributed by atoms with van der Waals surface area (Å²) in [6.45, 7) is 6.72. The van der Waals surface area contributed by atoms with E-state index in [1.54, 1.807) is 20.8 Å². The van der Waals surface area contributed by atoms with Gasteiger partial charge in [-0.15, -0.1) is 0 Å². The second kappa shape index (κ2) is 9.12. The van der Waals surface area contributed by atoms with E-state index in [4.69, 9.17) is 9.26 Å². The van der Waals surface area contributed by atoms with Crippen LogP contribution in [0.5, 0.6) is 0 Å². The number of urea groups is 1. The first-order chi connectivity index (χ1) is 13.1. The molecule has 1 aromatic heterocycles. The molecule has 28 heavy (non-hydrogen) atoms. The lowest BCUT2D eigenvalue weighted by atomic mass is 10.1. The number of hydrogen-bond acceptors (Lipinski definition) is 7. The highest BCUT2D eigenvalue weighted by Gasteiger charge is 2.22. The minimum absolute atomic E-state index is 0.0395. The van der Waals surface area contributed by atoms with Crippen LogP contribution in [-0.4, -0.2) is 39.7 Å². The maximum Gasteiger partial charge on any atom is 0.321 e. The van der Waals surface area contributed by atoms with Crippen LogP contribution in [0.4, 0.5) is 4.79 Å². The number of aromatic nitrogens is 2. The number of rotatable bonds is 6. The lowest BCUT2D eigenvalue weighted by molar-refractivity contribution is -0.154. The molecule has 3 amide bonds. The zero-order chi connectivity index (χ0) is 20.7. The van der Waals surface area contributed by atoms with Crippen molar-refractivity contribution in [2.24, 2.45) is 0 Å². The van der Waals surface area contributed by atoms with Gasteiger partial charge >= 0.3 is 12.0 Å². The van der Waals surface area contributed by atoms with Gasteiger partial charge in [0.25, 0.3) is 5.91 Å². The van der Waals surface area contributed by atoms with Gasteiger partial charge in [0.1, 0.15) is 0 Å². The number of amides is 3. The van der Waals surface area contributed by atoms with E-state index in [1.807, 2.05) is 30.3 Å². The van der Waals surface area contributed by atoms with Crippen LogP contribution in [0, 0.1) is 0 Å². The Labute approximate surface area is 162 Å². The lowest BCUT2D eigenvalue weighted by Gasteiger charge is -2.21. The molecule has 1 unspecified atom stereocenters. The Hall–Kier alpha value is -3.23. The third kappa shape index (κ3) is 6.82. The van der Waals surface area contributed by atoms with Crippen LogP contribution >= 0.6 is 0 Å². The predicted octanol–water partition coefficient (Wildman–Crippen LogP) is 2.23. The molecular formula is C19H24N4O5. The van der Waals surface area contributed by atoms with Gasteiger partial charge in [0.15, 0.2) is 6.10 Å². The average Bonchev–Trinajstić information content (AvgIpc) is 3.08. The molecule has 2 rings (SSSR count). The Morgan fingerprint density at radius 3 is 2.50 bits per heavy atom. The number of nitrogens with one attached hydrogen (secondary N) is 2. The minimum Gasteiger partial charge on any atom is -0.453 e. The highest BCUT2D eigenvalue weighted by Crippen LogP contribution is 2.15. The summed E-state index contributed by atoms with van der Waals surface area (Å²) >= 11 is 0. The van der Waals surface area contributed by atoms with Gasteiger partial charge in [-0.3, -0.25) is 14.9 Å². The molecule has 0 aliphatic heterocycles. The van der Waals surface area contributed by atoms with E-state index in [9.17, 15) is 14.4 Å². The van der Waals surface area contributed by atoms with Crippen LogP contribution in [0.15, 0.2) is 34.9 Å². The van der Waals surface area contributed by atoms with E-state index in [-0.39, 0.29) is 18.7 Å². The molecule has 150 valence electrons. The van der Waals surface area contributed by atoms with E-state index >= 15 is 0 Å². The Bertz CT molecular complexity index is 826. The molecular weight excluding hydrogens is 364 g/mol. The first kappa shape index (κ1) is 21.1. The smallest absolute Gasteiger partial charge is 0.321 e. The molecule has 9 nitrogen and oxygen atoms in total. The van der Waals surface area contributed by atoms with E-state index < -0.39 is 29.6 Å². The molecule has 0 spiro atoms. The topological polar surface area (TPSA) is 123 Å². The van der Waals surface area contributed by atoms with Crippen molar-refractivity contribution >= 4 is 17.9 Å². The molecule has 2 aromatic rings. The van der Waals surface area contributed by atoms with Crippen molar-refractivity contribution in [2.45, 2.75) is 52.2 Å². The number of carbonyl (C=O) groups excluding carboxylic acids is 3. The minimum atomic E-state index is -1.11. The number of hydrogen-bond donors (Lipinski definition) is 2. The second-order valence-electron chi connectivity index (χ2n) is 7.20. The molecule has 0 bridgehead atoms. The normalized spacial score (nSPS) is 12.1. The van der Waals surface area contributed by atoms with Gasteiger partial charge < -0.3 is 14.6 Å². The number of benzene rings is 1. The number of nitrogens with zero attached hydrogens (tertiary/aromatic N) is 2. The maximum absolute atomic E-state index is 11.9. The van der Waals surface area contributed by atoms with Crippen LogP contribution in [-0.2, 0) is 20.7 Å². The summed E-state index contributed by atoms with van der Waals surface area (Å²) in [5.74, 6) is -0.600. The largest absolute Gasteiger partial charge is 0.453 e. The van der Waals surface area contributed by atoms with Crippen LogP contribution < -0.4 is 10.6 Å². The van der Waals surface area contributed by atoms with E-state index in [0.717, 1.165) is 5.56 Å². The Balaban J connectivity index is 1.78. The first-order valence-electron chi connectivity index (χ1n) is 8.84. The Kier molecular flexibility index (Phi) is 6.86. The zero-order valence-corrected chi connectivity index (χ0v) is 16.3. The first-order valence-corrected chi connectivity index (χ1v) is 8.84. The molecule has 9 heteroatoms. The quantitative estimate of drug-likeness (QED) is 0.727. The number of carbonyl (C=O) groups is 3. The van der Waals surface area contributed by atoms with Crippen molar-refractivity contribution in [1.29, 1.82) is 0 Å². The summed E-state index contributed by atoms with van der Waals surface area (Å²) in [5, 5.41) is 8.58. The fourth-order valence-corrected chi connectivity index (χ4v) is 2.16. The van der Waals surface area contributed by atoms with Gasteiger partial charge in [0.05, 0.1) is 6.42 Å². The van der Waals surface area contributed by atoms with E-state index in [2.05, 4.69) is 20.8 Å². The average molecular weight is 388 g/mol. The predicted molar refractivity (Wildman–Crippen MR) is 100 cm³/mol. The van der Waals surface area contributed by atoms with Gasteiger partial charge in [-0.05, 0) is 27.7 Å². The lowest BCUT2D eigenvalue weighted by Crippen LogP contribution is -2.50. The van der Waals surface area contributed by atoms with Crippen LogP contribution in [0.2, 0.25) is 0 Å². The van der Waals surface area contributed by atoms with Gasteiger partial charge in [-0.1, -0.05) is 35.5 Å². The summed E-state index contributed by atoms with van der Waals surface area (Å²) in [5.41, 5.74) is 0.311. The molecule has 0 saturated carbocycles. The summed E-state index contributed by atoms with van der Waals surface area (Å²) in [4.78, 5) is 39.7. The van der Waals surface area contributed by atoms with Gasteiger partial charge in [-0.25, -0.2) is 4.79 Å². The van der Waals surface area contributed by atoms with Crippen molar-refractivity contribution in [2.75, 3.05) is 0 Å². The molecule has 1 heterocycles. The van der Waals surface area contributed by atoms with E-state index in [1.165, 1.54) is 6.92 Å². The Morgan fingerprint density at radius 2 is 1.86 bits per heavy atom. The van der Waals surface area contributed by atoms with Gasteiger partial charge in [0.2, 0.25) is 11.7 Å². The molecule has 1 aromatic carbocycles. The second-order valence-corrected chi connectivity index (χ2v) is 7.20. The molecule has 0 saturated heterocycles. The van der Waals surface area contributed by atoms with Crippen molar-refractivity contribution < 1.29 is 23.6 Å². The number of esters is 1. The number of ether oxygens (including phenoxy) is 1. The Morgan fingerprint density at radius 1 is 1.18 bits per heavy atom. The molecule has 0 aliphatic rings. The molecule has 0 radical (unpaired) electrons. The monoisotopic (exact) mass is 388 g/mol. The number of aryl methyl sites for hydroxylation is 1. The van der Waals surface area contributed by atoms with E-state index in [0.29, 0.717) is 5.82 Å². The van der Waals surface area contributed by atoms with Crippen molar-refractivity contribution in [3.8, 4) is 11.4 Å². The third-order valence-corrected chi connectivity index (χ3v) is 3.45. The van der Waals surface area contributed by atoms with Crippen molar-refractivity contribution in [1.82, 2.24) is 20.8 Å². The zero-order valence-electron chi connectivity index (χ0n) is 16.3. The maximum atomic E-state index is 11.9.